The lowest BCUT2D eigenvalue weighted by atomic mass is 10.1. The Morgan fingerprint density at radius 3 is 2.24 bits per heavy atom. The highest BCUT2D eigenvalue weighted by Gasteiger charge is 2.29. The maximum atomic E-state index is 12.5. The molecule has 0 aliphatic rings. The van der Waals surface area contributed by atoms with Crippen LogP contribution in [0.3, 0.4) is 0 Å². The average Bonchev–Trinajstić information content (AvgIpc) is 2.38. The lowest BCUT2D eigenvalue weighted by molar-refractivity contribution is -0.137. The number of alkyl halides is 3. The number of nitrogens with zero attached hydrogens (tertiary/aromatic N) is 1. The second kappa shape index (κ2) is 5.97. The van der Waals surface area contributed by atoms with Crippen LogP contribution >= 0.6 is 15.9 Å². The van der Waals surface area contributed by atoms with Crippen molar-refractivity contribution in [2.75, 3.05) is 17.7 Å². The largest absolute Gasteiger partial charge is 0.416 e. The number of nitrogen functional groups attached to an aromatic ring is 1. The number of nitrogens with two attached hydrogens (primary N) is 1. The second-order valence-corrected chi connectivity index (χ2v) is 5.67. The molecule has 0 amide bonds. The van der Waals surface area contributed by atoms with Crippen LogP contribution in [0.5, 0.6) is 0 Å². The van der Waals surface area contributed by atoms with Gasteiger partial charge < -0.3 is 10.6 Å². The monoisotopic (exact) mass is 358 g/mol. The Balaban J connectivity index is 2.14. The first-order chi connectivity index (χ1) is 9.77. The van der Waals surface area contributed by atoms with Gasteiger partial charge in [-0.05, 0) is 35.9 Å². The van der Waals surface area contributed by atoms with Crippen LogP contribution in [0, 0.1) is 0 Å². The molecule has 0 aliphatic heterocycles. The number of rotatable bonds is 3. The predicted molar refractivity (Wildman–Crippen MR) is 82.1 cm³/mol. The number of anilines is 2. The molecule has 0 radical (unpaired) electrons. The van der Waals surface area contributed by atoms with Crippen LogP contribution in [0.1, 0.15) is 11.1 Å². The van der Waals surface area contributed by atoms with Gasteiger partial charge in [0.2, 0.25) is 0 Å². The van der Waals surface area contributed by atoms with E-state index in [1.807, 2.05) is 24.1 Å². The smallest absolute Gasteiger partial charge is 0.397 e. The fourth-order valence-electron chi connectivity index (χ4n) is 2.03. The van der Waals surface area contributed by atoms with Crippen molar-refractivity contribution >= 4 is 27.3 Å². The van der Waals surface area contributed by atoms with E-state index >= 15 is 0 Å². The minimum Gasteiger partial charge on any atom is -0.397 e. The van der Waals surface area contributed by atoms with Crippen LogP contribution in [0.2, 0.25) is 0 Å². The van der Waals surface area contributed by atoms with Crippen LogP contribution in [-0.4, -0.2) is 7.05 Å². The molecule has 112 valence electrons. The summed E-state index contributed by atoms with van der Waals surface area (Å²) in [6.45, 7) is 0.476. The summed E-state index contributed by atoms with van der Waals surface area (Å²) >= 11 is 3.33. The fourth-order valence-corrected chi connectivity index (χ4v) is 2.41. The molecule has 0 fully saturated rings. The number of hydrogen-bond acceptors (Lipinski definition) is 2. The first-order valence-corrected chi connectivity index (χ1v) is 6.99. The second-order valence-electron chi connectivity index (χ2n) is 4.75. The molecule has 2 aromatic rings. The number of benzene rings is 2. The van der Waals surface area contributed by atoms with Crippen LogP contribution in [0.25, 0.3) is 0 Å². The number of halogens is 4. The minimum atomic E-state index is -4.30. The Morgan fingerprint density at radius 1 is 1.10 bits per heavy atom. The van der Waals surface area contributed by atoms with E-state index in [1.54, 1.807) is 6.07 Å². The van der Waals surface area contributed by atoms with E-state index in [0.717, 1.165) is 27.9 Å². The van der Waals surface area contributed by atoms with Gasteiger partial charge in [-0.3, -0.25) is 0 Å². The standard InChI is InChI=1S/C15H14BrF3N2/c1-21(14-7-6-12(16)8-13(14)20)9-10-2-4-11(5-3-10)15(17,18)19/h2-8H,9,20H2,1H3. The van der Waals surface area contributed by atoms with E-state index in [9.17, 15) is 13.2 Å². The van der Waals surface area contributed by atoms with E-state index in [-0.39, 0.29) is 0 Å². The van der Waals surface area contributed by atoms with Crippen molar-refractivity contribution in [3.63, 3.8) is 0 Å². The fraction of sp³-hybridized carbons (Fsp3) is 0.200. The summed E-state index contributed by atoms with van der Waals surface area (Å²) in [5.41, 5.74) is 7.52. The molecule has 2 aromatic carbocycles. The Labute approximate surface area is 129 Å². The molecule has 0 unspecified atom stereocenters. The Kier molecular flexibility index (Phi) is 4.46. The summed E-state index contributed by atoms with van der Waals surface area (Å²) in [4.78, 5) is 1.89. The van der Waals surface area contributed by atoms with Gasteiger partial charge in [-0.1, -0.05) is 28.1 Å². The number of hydrogen-bond donors (Lipinski definition) is 1. The van der Waals surface area contributed by atoms with Gasteiger partial charge in [0.25, 0.3) is 0 Å². The SMILES string of the molecule is CN(Cc1ccc(C(F)(F)F)cc1)c1ccc(Br)cc1N. The third-order valence-corrected chi connectivity index (χ3v) is 3.60. The van der Waals surface area contributed by atoms with Crippen molar-refractivity contribution in [1.82, 2.24) is 0 Å². The van der Waals surface area contributed by atoms with Crippen molar-refractivity contribution in [2.24, 2.45) is 0 Å². The van der Waals surface area contributed by atoms with Crippen LogP contribution in [-0.2, 0) is 12.7 Å². The maximum absolute atomic E-state index is 12.5. The Bertz CT molecular complexity index is 624. The molecule has 2 nitrogen and oxygen atoms in total. The zero-order valence-corrected chi connectivity index (χ0v) is 12.9. The molecule has 0 saturated heterocycles. The van der Waals surface area contributed by atoms with Crippen molar-refractivity contribution in [2.45, 2.75) is 12.7 Å². The highest BCUT2D eigenvalue weighted by atomic mass is 79.9. The van der Waals surface area contributed by atoms with E-state index in [2.05, 4.69) is 15.9 Å². The van der Waals surface area contributed by atoms with Crippen molar-refractivity contribution in [3.05, 3.63) is 58.1 Å². The predicted octanol–water partition coefficient (Wildman–Crippen LogP) is 4.69. The van der Waals surface area contributed by atoms with Gasteiger partial charge in [-0.15, -0.1) is 0 Å². The summed E-state index contributed by atoms with van der Waals surface area (Å²) in [6.07, 6.45) is -4.30. The van der Waals surface area contributed by atoms with Gasteiger partial charge in [0.05, 0.1) is 16.9 Å². The molecule has 6 heteroatoms. The van der Waals surface area contributed by atoms with Crippen LogP contribution in [0.15, 0.2) is 46.9 Å². The molecule has 0 saturated carbocycles. The lowest BCUT2D eigenvalue weighted by Gasteiger charge is -2.21. The summed E-state index contributed by atoms with van der Waals surface area (Å²) < 4.78 is 38.4. The topological polar surface area (TPSA) is 29.3 Å². The molecule has 0 bridgehead atoms. The van der Waals surface area contributed by atoms with E-state index < -0.39 is 11.7 Å². The molecular formula is C15H14BrF3N2. The van der Waals surface area contributed by atoms with Gasteiger partial charge in [0.15, 0.2) is 0 Å². The highest BCUT2D eigenvalue weighted by molar-refractivity contribution is 9.10. The van der Waals surface area contributed by atoms with Gasteiger partial charge in [-0.25, -0.2) is 0 Å². The molecule has 0 heterocycles. The van der Waals surface area contributed by atoms with Gasteiger partial charge in [-0.2, -0.15) is 13.2 Å². The first kappa shape index (κ1) is 15.7. The normalized spacial score (nSPS) is 11.5. The lowest BCUT2D eigenvalue weighted by Crippen LogP contribution is -2.18. The molecule has 21 heavy (non-hydrogen) atoms. The highest BCUT2D eigenvalue weighted by Crippen LogP contribution is 2.30. The summed E-state index contributed by atoms with van der Waals surface area (Å²) in [5.74, 6) is 0. The summed E-state index contributed by atoms with van der Waals surface area (Å²) in [7, 11) is 1.84. The molecule has 2 rings (SSSR count). The molecule has 0 aliphatic carbocycles. The molecule has 0 spiro atoms. The zero-order chi connectivity index (χ0) is 15.6. The molecule has 2 N–H and O–H groups in total. The van der Waals surface area contributed by atoms with Crippen molar-refractivity contribution < 1.29 is 13.2 Å². The first-order valence-electron chi connectivity index (χ1n) is 6.19. The van der Waals surface area contributed by atoms with E-state index in [1.165, 1.54) is 12.1 Å². The van der Waals surface area contributed by atoms with Gasteiger partial charge in [0, 0.05) is 18.1 Å². The van der Waals surface area contributed by atoms with Gasteiger partial charge in [0.1, 0.15) is 0 Å². The van der Waals surface area contributed by atoms with Gasteiger partial charge >= 0.3 is 6.18 Å². The van der Waals surface area contributed by atoms with Crippen LogP contribution in [0.4, 0.5) is 24.5 Å². The molecular weight excluding hydrogens is 345 g/mol. The average molecular weight is 359 g/mol. The van der Waals surface area contributed by atoms with E-state index in [0.29, 0.717) is 12.2 Å². The quantitative estimate of drug-likeness (QED) is 0.806. The summed E-state index contributed by atoms with van der Waals surface area (Å²) in [6, 6.07) is 10.7. The maximum Gasteiger partial charge on any atom is 0.416 e. The molecule has 0 atom stereocenters. The Morgan fingerprint density at radius 2 is 1.71 bits per heavy atom. The molecule has 0 aromatic heterocycles. The summed E-state index contributed by atoms with van der Waals surface area (Å²) in [5, 5.41) is 0. The Hall–Kier alpha value is -1.69. The third-order valence-electron chi connectivity index (χ3n) is 3.10. The van der Waals surface area contributed by atoms with Crippen LogP contribution < -0.4 is 10.6 Å². The third kappa shape index (κ3) is 3.91. The minimum absolute atomic E-state index is 0.476. The zero-order valence-electron chi connectivity index (χ0n) is 11.3. The van der Waals surface area contributed by atoms with Crippen molar-refractivity contribution in [1.29, 1.82) is 0 Å². The van der Waals surface area contributed by atoms with Crippen molar-refractivity contribution in [3.8, 4) is 0 Å². The van der Waals surface area contributed by atoms with E-state index in [4.69, 9.17) is 5.73 Å².